The number of nitrogens with zero attached hydrogens (tertiary/aromatic N) is 1. The van der Waals surface area contributed by atoms with E-state index < -0.39 is 0 Å². The second kappa shape index (κ2) is 4.31. The molecule has 2 heteroatoms. The smallest absolute Gasteiger partial charge is 0.0512 e. The van der Waals surface area contributed by atoms with Gasteiger partial charge in [0.25, 0.3) is 0 Å². The first kappa shape index (κ1) is 10.6. The van der Waals surface area contributed by atoms with Gasteiger partial charge in [0.05, 0.1) is 5.52 Å². The molecule has 80 valence electrons. The quantitative estimate of drug-likeness (QED) is 0.759. The molecule has 0 aliphatic carbocycles. The second-order valence-corrected chi connectivity index (χ2v) is 4.69. The molecule has 1 heterocycles. The molecule has 2 rings (SSSR count). The van der Waals surface area contributed by atoms with Gasteiger partial charge >= 0.3 is 0 Å². The standard InChI is InChI=1S/C13H17NS/c1-4-14-12(9-15-3)8-11-7-5-6-10(2)13(11)14/h5-8H,4,9H2,1-3H3. The lowest BCUT2D eigenvalue weighted by Crippen LogP contribution is -1.99. The molecule has 15 heavy (non-hydrogen) atoms. The van der Waals surface area contributed by atoms with E-state index in [1.54, 1.807) is 0 Å². The molecular formula is C13H17NS. The zero-order valence-electron chi connectivity index (χ0n) is 9.58. The van der Waals surface area contributed by atoms with Crippen LogP contribution in [0.4, 0.5) is 0 Å². The minimum absolute atomic E-state index is 1.06. The van der Waals surface area contributed by atoms with Crippen molar-refractivity contribution in [2.75, 3.05) is 6.26 Å². The number of thioether (sulfide) groups is 1. The predicted octanol–water partition coefficient (Wildman–Crippen LogP) is 3.83. The van der Waals surface area contributed by atoms with Crippen molar-refractivity contribution in [1.82, 2.24) is 4.57 Å². The van der Waals surface area contributed by atoms with Crippen molar-refractivity contribution >= 4 is 22.7 Å². The summed E-state index contributed by atoms with van der Waals surface area (Å²) in [7, 11) is 0. The summed E-state index contributed by atoms with van der Waals surface area (Å²) in [4.78, 5) is 0. The summed E-state index contributed by atoms with van der Waals surface area (Å²) in [5.41, 5.74) is 4.22. The normalized spacial score (nSPS) is 11.1. The summed E-state index contributed by atoms with van der Waals surface area (Å²) in [6.07, 6.45) is 2.16. The van der Waals surface area contributed by atoms with Gasteiger partial charge in [-0.25, -0.2) is 0 Å². The first-order chi connectivity index (χ1) is 7.27. The average molecular weight is 219 g/mol. The van der Waals surface area contributed by atoms with Crippen LogP contribution in [0, 0.1) is 6.92 Å². The van der Waals surface area contributed by atoms with Crippen LogP contribution in [0.2, 0.25) is 0 Å². The van der Waals surface area contributed by atoms with E-state index in [0.717, 1.165) is 12.3 Å². The van der Waals surface area contributed by atoms with Crippen LogP contribution in [0.3, 0.4) is 0 Å². The Morgan fingerprint density at radius 1 is 1.33 bits per heavy atom. The highest BCUT2D eigenvalue weighted by atomic mass is 32.2. The Morgan fingerprint density at radius 2 is 2.13 bits per heavy atom. The van der Waals surface area contributed by atoms with Gasteiger partial charge in [-0.2, -0.15) is 11.8 Å². The molecule has 0 bridgehead atoms. The van der Waals surface area contributed by atoms with Gasteiger partial charge in [0.1, 0.15) is 0 Å². The number of fused-ring (bicyclic) bond motifs is 1. The van der Waals surface area contributed by atoms with Gasteiger partial charge in [0.2, 0.25) is 0 Å². The Balaban J connectivity index is 2.68. The first-order valence-electron chi connectivity index (χ1n) is 5.34. The van der Waals surface area contributed by atoms with E-state index in [-0.39, 0.29) is 0 Å². The van der Waals surface area contributed by atoms with Crippen molar-refractivity contribution in [2.24, 2.45) is 0 Å². The monoisotopic (exact) mass is 219 g/mol. The van der Waals surface area contributed by atoms with E-state index in [9.17, 15) is 0 Å². The molecule has 1 aromatic heterocycles. The zero-order valence-corrected chi connectivity index (χ0v) is 10.4. The molecule has 0 unspecified atom stereocenters. The molecule has 0 spiro atoms. The van der Waals surface area contributed by atoms with E-state index in [0.29, 0.717) is 0 Å². The van der Waals surface area contributed by atoms with Crippen molar-refractivity contribution < 1.29 is 0 Å². The van der Waals surface area contributed by atoms with Gasteiger partial charge in [0.15, 0.2) is 0 Å². The minimum Gasteiger partial charge on any atom is -0.344 e. The molecule has 1 nitrogen and oxygen atoms in total. The summed E-state index contributed by atoms with van der Waals surface area (Å²) >= 11 is 1.88. The van der Waals surface area contributed by atoms with Gasteiger partial charge in [-0.05, 0) is 31.7 Å². The molecule has 0 atom stereocenters. The fourth-order valence-electron chi connectivity index (χ4n) is 2.20. The van der Waals surface area contributed by atoms with E-state index in [1.807, 2.05) is 11.8 Å². The molecular weight excluding hydrogens is 202 g/mol. The molecule has 0 amide bonds. The van der Waals surface area contributed by atoms with Crippen LogP contribution in [0.15, 0.2) is 24.3 Å². The van der Waals surface area contributed by atoms with Crippen molar-refractivity contribution in [1.29, 1.82) is 0 Å². The van der Waals surface area contributed by atoms with E-state index in [4.69, 9.17) is 0 Å². The molecule has 0 aliphatic heterocycles. The van der Waals surface area contributed by atoms with Crippen LogP contribution in [0.5, 0.6) is 0 Å². The van der Waals surface area contributed by atoms with Gasteiger partial charge in [0, 0.05) is 23.4 Å². The second-order valence-electron chi connectivity index (χ2n) is 3.83. The minimum atomic E-state index is 1.06. The fourth-order valence-corrected chi connectivity index (χ4v) is 2.73. The van der Waals surface area contributed by atoms with Gasteiger partial charge in [-0.1, -0.05) is 18.2 Å². The number of para-hydroxylation sites is 1. The topological polar surface area (TPSA) is 4.93 Å². The zero-order chi connectivity index (χ0) is 10.8. The summed E-state index contributed by atoms with van der Waals surface area (Å²) in [5.74, 6) is 1.10. The van der Waals surface area contributed by atoms with E-state index in [2.05, 4.69) is 48.9 Å². The van der Waals surface area contributed by atoms with Crippen molar-refractivity contribution in [3.63, 3.8) is 0 Å². The van der Waals surface area contributed by atoms with Crippen LogP contribution >= 0.6 is 11.8 Å². The summed E-state index contributed by atoms with van der Waals surface area (Å²) in [6.45, 7) is 5.47. The molecule has 0 saturated carbocycles. The highest BCUT2D eigenvalue weighted by Gasteiger charge is 2.08. The molecule has 0 saturated heterocycles. The fraction of sp³-hybridized carbons (Fsp3) is 0.385. The Kier molecular flexibility index (Phi) is 3.06. The summed E-state index contributed by atoms with van der Waals surface area (Å²) in [6, 6.07) is 8.86. The van der Waals surface area contributed by atoms with E-state index in [1.165, 1.54) is 22.2 Å². The Labute approximate surface area is 95.5 Å². The van der Waals surface area contributed by atoms with Crippen molar-refractivity contribution in [2.45, 2.75) is 26.1 Å². The van der Waals surface area contributed by atoms with Crippen LogP contribution in [-0.2, 0) is 12.3 Å². The number of rotatable bonds is 3. The largest absolute Gasteiger partial charge is 0.344 e. The highest BCUT2D eigenvalue weighted by Crippen LogP contribution is 2.25. The molecule has 0 radical (unpaired) electrons. The number of benzene rings is 1. The highest BCUT2D eigenvalue weighted by molar-refractivity contribution is 7.97. The molecule has 1 aromatic carbocycles. The maximum Gasteiger partial charge on any atom is 0.0512 e. The third-order valence-corrected chi connectivity index (χ3v) is 3.40. The number of aromatic nitrogens is 1. The molecule has 0 N–H and O–H groups in total. The average Bonchev–Trinajstić information content (AvgIpc) is 2.57. The lowest BCUT2D eigenvalue weighted by Gasteiger charge is -2.08. The Morgan fingerprint density at radius 3 is 2.80 bits per heavy atom. The van der Waals surface area contributed by atoms with Gasteiger partial charge < -0.3 is 4.57 Å². The van der Waals surface area contributed by atoms with Crippen LogP contribution in [0.25, 0.3) is 10.9 Å². The van der Waals surface area contributed by atoms with Gasteiger partial charge in [-0.3, -0.25) is 0 Å². The number of hydrogen-bond acceptors (Lipinski definition) is 1. The van der Waals surface area contributed by atoms with Crippen LogP contribution in [-0.4, -0.2) is 10.8 Å². The third kappa shape index (κ3) is 1.78. The Hall–Kier alpha value is -0.890. The lowest BCUT2D eigenvalue weighted by atomic mass is 10.2. The number of aryl methyl sites for hydroxylation is 2. The maximum atomic E-state index is 2.43. The molecule has 0 aliphatic rings. The Bertz CT molecular complexity index is 471. The third-order valence-electron chi connectivity index (χ3n) is 2.82. The maximum absolute atomic E-state index is 2.43. The van der Waals surface area contributed by atoms with E-state index >= 15 is 0 Å². The predicted molar refractivity (Wildman–Crippen MR) is 69.6 cm³/mol. The van der Waals surface area contributed by atoms with Crippen LogP contribution < -0.4 is 0 Å². The van der Waals surface area contributed by atoms with Gasteiger partial charge in [-0.15, -0.1) is 0 Å². The van der Waals surface area contributed by atoms with Crippen molar-refractivity contribution in [3.8, 4) is 0 Å². The summed E-state index contributed by atoms with van der Waals surface area (Å²) < 4.78 is 2.43. The first-order valence-corrected chi connectivity index (χ1v) is 6.74. The molecule has 0 fully saturated rings. The SMILES string of the molecule is CCn1c(CSC)cc2cccc(C)c21. The van der Waals surface area contributed by atoms with Crippen molar-refractivity contribution in [3.05, 3.63) is 35.5 Å². The lowest BCUT2D eigenvalue weighted by molar-refractivity contribution is 0.764. The number of hydrogen-bond donors (Lipinski definition) is 0. The molecule has 2 aromatic rings. The summed E-state index contributed by atoms with van der Waals surface area (Å²) in [5, 5.41) is 1.38. The van der Waals surface area contributed by atoms with Crippen LogP contribution in [0.1, 0.15) is 18.2 Å².